The average molecular weight is 334 g/mol. The molecular weight excluding hydrogens is 320 g/mol. The van der Waals surface area contributed by atoms with Crippen molar-refractivity contribution in [2.45, 2.75) is 13.8 Å². The van der Waals surface area contributed by atoms with E-state index in [0.29, 0.717) is 34.5 Å². The third-order valence-corrected chi connectivity index (χ3v) is 3.20. The minimum atomic E-state index is -0.403. The third-order valence-electron chi connectivity index (χ3n) is 3.20. The van der Waals surface area contributed by atoms with Crippen molar-refractivity contribution in [1.29, 1.82) is 5.26 Å². The maximum Gasteiger partial charge on any atom is 0.274 e. The number of carbonyl (C=O) groups excluding carboxylic acids is 1. The van der Waals surface area contributed by atoms with Crippen molar-refractivity contribution >= 4 is 23.2 Å². The van der Waals surface area contributed by atoms with Gasteiger partial charge in [0, 0.05) is 17.8 Å². The largest absolute Gasteiger partial charge is 0.360 e. The number of carbonyl (C=O) groups is 1. The molecule has 8 nitrogen and oxygen atoms in total. The monoisotopic (exact) mass is 334 g/mol. The minimum Gasteiger partial charge on any atom is -0.360 e. The summed E-state index contributed by atoms with van der Waals surface area (Å²) in [6.45, 7) is 3.46. The Morgan fingerprint density at radius 2 is 2.00 bits per heavy atom. The molecule has 1 aromatic carbocycles. The van der Waals surface area contributed by atoms with Crippen LogP contribution >= 0.6 is 0 Å². The smallest absolute Gasteiger partial charge is 0.274 e. The second-order valence-corrected chi connectivity index (χ2v) is 5.28. The summed E-state index contributed by atoms with van der Waals surface area (Å²) in [5, 5.41) is 18.4. The predicted octanol–water partition coefficient (Wildman–Crippen LogP) is 2.95. The lowest BCUT2D eigenvalue weighted by Gasteiger charge is -2.08. The fourth-order valence-electron chi connectivity index (χ4n) is 2.17. The maximum atomic E-state index is 12.4. The molecule has 25 heavy (non-hydrogen) atoms. The summed E-state index contributed by atoms with van der Waals surface area (Å²) in [4.78, 5) is 20.8. The number of nitrogens with one attached hydrogen (secondary N) is 2. The molecule has 0 radical (unpaired) electrons. The first-order valence-electron chi connectivity index (χ1n) is 7.41. The molecule has 2 N–H and O–H groups in total. The minimum absolute atomic E-state index is 0.192. The van der Waals surface area contributed by atoms with Gasteiger partial charge < -0.3 is 15.2 Å². The second-order valence-electron chi connectivity index (χ2n) is 5.28. The first-order valence-corrected chi connectivity index (χ1v) is 7.41. The highest BCUT2D eigenvalue weighted by molar-refractivity contribution is 6.03. The summed E-state index contributed by atoms with van der Waals surface area (Å²) >= 11 is 0. The van der Waals surface area contributed by atoms with E-state index in [9.17, 15) is 4.79 Å². The summed E-state index contributed by atoms with van der Waals surface area (Å²) in [7, 11) is 0. The first-order chi connectivity index (χ1) is 12.0. The normalized spacial score (nSPS) is 10.1. The van der Waals surface area contributed by atoms with E-state index in [0.717, 1.165) is 0 Å². The van der Waals surface area contributed by atoms with Gasteiger partial charge >= 0.3 is 0 Å². The number of aryl methyl sites for hydroxylation is 2. The second kappa shape index (κ2) is 6.80. The van der Waals surface area contributed by atoms with Gasteiger partial charge in [-0.05, 0) is 32.0 Å². The Bertz CT molecular complexity index is 973. The summed E-state index contributed by atoms with van der Waals surface area (Å²) in [6.07, 6.45) is 0. The van der Waals surface area contributed by atoms with Crippen LogP contribution in [0.4, 0.5) is 17.3 Å². The van der Waals surface area contributed by atoms with Crippen molar-refractivity contribution in [2.75, 3.05) is 10.6 Å². The Labute approximate surface area is 143 Å². The zero-order chi connectivity index (χ0) is 17.8. The van der Waals surface area contributed by atoms with Crippen molar-refractivity contribution in [3.05, 3.63) is 59.2 Å². The van der Waals surface area contributed by atoms with Gasteiger partial charge in [-0.3, -0.25) is 4.79 Å². The number of hydrogen-bond donors (Lipinski definition) is 2. The van der Waals surface area contributed by atoms with Crippen molar-refractivity contribution < 1.29 is 9.32 Å². The Kier molecular flexibility index (Phi) is 4.39. The highest BCUT2D eigenvalue weighted by Gasteiger charge is 2.12. The lowest BCUT2D eigenvalue weighted by Crippen LogP contribution is -2.15. The first kappa shape index (κ1) is 16.1. The van der Waals surface area contributed by atoms with Gasteiger partial charge in [0.25, 0.3) is 5.91 Å². The topological polar surface area (TPSA) is 117 Å². The van der Waals surface area contributed by atoms with Gasteiger partial charge in [0.15, 0.2) is 5.82 Å². The van der Waals surface area contributed by atoms with Gasteiger partial charge in [-0.15, -0.1) is 0 Å². The lowest BCUT2D eigenvalue weighted by molar-refractivity contribution is 0.102. The van der Waals surface area contributed by atoms with Gasteiger partial charge in [0.05, 0.1) is 11.6 Å². The maximum absolute atomic E-state index is 12.4. The molecule has 0 aliphatic rings. The van der Waals surface area contributed by atoms with E-state index in [1.54, 1.807) is 44.2 Å². The van der Waals surface area contributed by atoms with Crippen LogP contribution in [0.5, 0.6) is 0 Å². The molecule has 8 heteroatoms. The highest BCUT2D eigenvalue weighted by atomic mass is 16.5. The Balaban J connectivity index is 1.81. The number of anilines is 3. The van der Waals surface area contributed by atoms with Gasteiger partial charge in [-0.25, -0.2) is 9.97 Å². The zero-order valence-corrected chi connectivity index (χ0v) is 13.6. The fourth-order valence-corrected chi connectivity index (χ4v) is 2.17. The molecule has 0 fully saturated rings. The van der Waals surface area contributed by atoms with Gasteiger partial charge in [0.2, 0.25) is 0 Å². The van der Waals surface area contributed by atoms with Crippen molar-refractivity contribution in [3.63, 3.8) is 0 Å². The molecule has 3 rings (SSSR count). The van der Waals surface area contributed by atoms with E-state index < -0.39 is 5.91 Å². The van der Waals surface area contributed by atoms with Crippen LogP contribution in [0.2, 0.25) is 0 Å². The third kappa shape index (κ3) is 3.97. The number of nitrogens with zero attached hydrogens (tertiary/aromatic N) is 4. The lowest BCUT2D eigenvalue weighted by atomic mass is 10.2. The van der Waals surface area contributed by atoms with Crippen LogP contribution in [0, 0.1) is 25.2 Å². The fraction of sp³-hybridized carbons (Fsp3) is 0.118. The number of rotatable bonds is 4. The van der Waals surface area contributed by atoms with Crippen LogP contribution < -0.4 is 10.6 Å². The van der Waals surface area contributed by atoms with E-state index >= 15 is 0 Å². The van der Waals surface area contributed by atoms with Crippen LogP contribution in [0.1, 0.15) is 27.6 Å². The molecule has 0 unspecified atom stereocenters. The Hall–Kier alpha value is -3.73. The van der Waals surface area contributed by atoms with E-state index in [1.807, 2.05) is 6.07 Å². The standard InChI is InChI=1S/C17H14N6O2/c1-10-6-16(23-25-10)22-15-8-14(19-11(2)20-15)17(24)21-13-5-3-4-12(7-13)9-18/h3-8H,1-2H3,(H,21,24)(H,19,20,22,23). The molecule has 124 valence electrons. The molecule has 0 bridgehead atoms. The molecule has 0 aliphatic carbocycles. The number of nitriles is 1. The SMILES string of the molecule is Cc1nc(Nc2cc(C)on2)cc(C(=O)Nc2cccc(C#N)c2)n1. The molecule has 0 saturated heterocycles. The molecule has 0 spiro atoms. The zero-order valence-electron chi connectivity index (χ0n) is 13.6. The summed E-state index contributed by atoms with van der Waals surface area (Å²) < 4.78 is 4.98. The molecule has 0 atom stereocenters. The van der Waals surface area contributed by atoms with Gasteiger partial charge in [0.1, 0.15) is 23.1 Å². The van der Waals surface area contributed by atoms with E-state index in [-0.39, 0.29) is 5.69 Å². The molecule has 0 aliphatic heterocycles. The van der Waals surface area contributed by atoms with E-state index in [4.69, 9.17) is 9.78 Å². The molecule has 1 amide bonds. The number of amides is 1. The molecular formula is C17H14N6O2. The Morgan fingerprint density at radius 3 is 2.72 bits per heavy atom. The van der Waals surface area contributed by atoms with Crippen LogP contribution in [0.3, 0.4) is 0 Å². The predicted molar refractivity (Wildman–Crippen MR) is 90.4 cm³/mol. The molecule has 0 saturated carbocycles. The van der Waals surface area contributed by atoms with Crippen LogP contribution in [-0.4, -0.2) is 21.0 Å². The van der Waals surface area contributed by atoms with Crippen LogP contribution in [0.25, 0.3) is 0 Å². The number of aromatic nitrogens is 3. The van der Waals surface area contributed by atoms with Crippen LogP contribution in [0.15, 0.2) is 40.9 Å². The summed E-state index contributed by atoms with van der Waals surface area (Å²) in [5.74, 6) is 1.60. The van der Waals surface area contributed by atoms with Gasteiger partial charge in [-0.2, -0.15) is 5.26 Å². The number of benzene rings is 1. The van der Waals surface area contributed by atoms with Crippen molar-refractivity contribution in [2.24, 2.45) is 0 Å². The quantitative estimate of drug-likeness (QED) is 0.753. The molecule has 2 aromatic heterocycles. The average Bonchev–Trinajstić information content (AvgIpc) is 2.99. The number of hydrogen-bond acceptors (Lipinski definition) is 7. The van der Waals surface area contributed by atoms with Gasteiger partial charge in [-0.1, -0.05) is 11.2 Å². The van der Waals surface area contributed by atoms with Crippen molar-refractivity contribution in [3.8, 4) is 6.07 Å². The highest BCUT2D eigenvalue weighted by Crippen LogP contribution is 2.16. The van der Waals surface area contributed by atoms with E-state index in [1.165, 1.54) is 6.07 Å². The van der Waals surface area contributed by atoms with E-state index in [2.05, 4.69) is 25.8 Å². The van der Waals surface area contributed by atoms with Crippen molar-refractivity contribution in [1.82, 2.24) is 15.1 Å². The molecule has 2 heterocycles. The molecule has 3 aromatic rings. The Morgan fingerprint density at radius 1 is 1.16 bits per heavy atom. The summed E-state index contributed by atoms with van der Waals surface area (Å²) in [5.41, 5.74) is 1.17. The summed E-state index contributed by atoms with van der Waals surface area (Å²) in [6, 6.07) is 11.9. The van der Waals surface area contributed by atoms with Crippen LogP contribution in [-0.2, 0) is 0 Å².